The molecule has 0 fully saturated rings. The van der Waals surface area contributed by atoms with Gasteiger partial charge < -0.3 is 19.4 Å². The summed E-state index contributed by atoms with van der Waals surface area (Å²) in [6.07, 6.45) is 1.57. The molecule has 0 bridgehead atoms. The molecule has 0 aliphatic rings. The topological polar surface area (TPSA) is 71.8 Å². The highest BCUT2D eigenvalue weighted by molar-refractivity contribution is 5.94. The minimum absolute atomic E-state index is 0.0786. The van der Waals surface area contributed by atoms with E-state index in [2.05, 4.69) is 5.32 Å². The summed E-state index contributed by atoms with van der Waals surface area (Å²) in [5.74, 6) is 1.08. The van der Waals surface area contributed by atoms with Crippen LogP contribution < -0.4 is 10.1 Å². The van der Waals surface area contributed by atoms with Gasteiger partial charge in [0.2, 0.25) is 0 Å². The average Bonchev–Trinajstić information content (AvgIpc) is 3.24. The molecule has 0 aliphatic carbocycles. The lowest BCUT2D eigenvalue weighted by molar-refractivity contribution is 0.0826. The molecule has 0 radical (unpaired) electrons. The molecule has 0 spiro atoms. The van der Waals surface area contributed by atoms with Crippen LogP contribution in [0.25, 0.3) is 0 Å². The SMILES string of the molecule is Cc1ccc(C(=O)N(C)C)cc1OCc1cccc(C(=O)NCc2ccco2)c1. The predicted octanol–water partition coefficient (Wildman–Crippen LogP) is 3.80. The summed E-state index contributed by atoms with van der Waals surface area (Å²) in [5, 5.41) is 2.83. The Bertz CT molecular complexity index is 994. The molecule has 6 nitrogen and oxygen atoms in total. The lowest BCUT2D eigenvalue weighted by atomic mass is 10.1. The third-order valence-corrected chi connectivity index (χ3v) is 4.43. The second-order valence-corrected chi connectivity index (χ2v) is 6.93. The van der Waals surface area contributed by atoms with Gasteiger partial charge in [-0.15, -0.1) is 0 Å². The molecule has 3 aromatic rings. The van der Waals surface area contributed by atoms with Crippen LogP contribution >= 0.6 is 0 Å². The zero-order valence-corrected chi connectivity index (χ0v) is 16.8. The van der Waals surface area contributed by atoms with Crippen LogP contribution in [0.2, 0.25) is 0 Å². The zero-order chi connectivity index (χ0) is 20.8. The molecule has 2 aromatic carbocycles. The van der Waals surface area contributed by atoms with Crippen molar-refractivity contribution >= 4 is 11.8 Å². The molecule has 1 aromatic heterocycles. The molecule has 1 N–H and O–H groups in total. The number of aryl methyl sites for hydroxylation is 1. The van der Waals surface area contributed by atoms with Crippen molar-refractivity contribution in [2.45, 2.75) is 20.1 Å². The summed E-state index contributed by atoms with van der Waals surface area (Å²) in [4.78, 5) is 26.1. The maximum atomic E-state index is 12.4. The fraction of sp³-hybridized carbons (Fsp3) is 0.217. The van der Waals surface area contributed by atoms with Gasteiger partial charge in [0.1, 0.15) is 18.1 Å². The molecule has 0 aliphatic heterocycles. The lowest BCUT2D eigenvalue weighted by Gasteiger charge is -2.14. The highest BCUT2D eigenvalue weighted by Gasteiger charge is 2.12. The van der Waals surface area contributed by atoms with Gasteiger partial charge in [-0.25, -0.2) is 0 Å². The van der Waals surface area contributed by atoms with E-state index in [1.165, 1.54) is 4.90 Å². The van der Waals surface area contributed by atoms with E-state index in [1.54, 1.807) is 50.7 Å². The van der Waals surface area contributed by atoms with Crippen LogP contribution in [-0.2, 0) is 13.2 Å². The Morgan fingerprint density at radius 2 is 1.86 bits per heavy atom. The quantitative estimate of drug-likeness (QED) is 0.664. The fourth-order valence-corrected chi connectivity index (χ4v) is 2.79. The third-order valence-electron chi connectivity index (χ3n) is 4.43. The van der Waals surface area contributed by atoms with Crippen molar-refractivity contribution in [2.75, 3.05) is 14.1 Å². The van der Waals surface area contributed by atoms with Crippen molar-refractivity contribution in [3.8, 4) is 5.75 Å². The highest BCUT2D eigenvalue weighted by atomic mass is 16.5. The van der Waals surface area contributed by atoms with E-state index in [-0.39, 0.29) is 11.8 Å². The molecule has 29 heavy (non-hydrogen) atoms. The van der Waals surface area contributed by atoms with Crippen LogP contribution in [-0.4, -0.2) is 30.8 Å². The molecule has 0 saturated carbocycles. The Morgan fingerprint density at radius 1 is 1.03 bits per heavy atom. The number of hydrogen-bond acceptors (Lipinski definition) is 4. The van der Waals surface area contributed by atoms with Crippen LogP contribution in [0, 0.1) is 6.92 Å². The summed E-state index contributed by atoms with van der Waals surface area (Å²) in [6.45, 7) is 2.55. The van der Waals surface area contributed by atoms with Gasteiger partial charge in [-0.05, 0) is 54.4 Å². The number of ether oxygens (including phenoxy) is 1. The number of nitrogens with zero attached hydrogens (tertiary/aromatic N) is 1. The van der Waals surface area contributed by atoms with Crippen LogP contribution in [0.5, 0.6) is 5.75 Å². The minimum atomic E-state index is -0.182. The predicted molar refractivity (Wildman–Crippen MR) is 110 cm³/mol. The van der Waals surface area contributed by atoms with Gasteiger partial charge in [-0.2, -0.15) is 0 Å². The largest absolute Gasteiger partial charge is 0.489 e. The Morgan fingerprint density at radius 3 is 2.59 bits per heavy atom. The van der Waals surface area contributed by atoms with Crippen LogP contribution in [0.3, 0.4) is 0 Å². The van der Waals surface area contributed by atoms with Gasteiger partial charge in [0, 0.05) is 25.2 Å². The lowest BCUT2D eigenvalue weighted by Crippen LogP contribution is -2.22. The first kappa shape index (κ1) is 20.2. The Labute approximate surface area is 170 Å². The minimum Gasteiger partial charge on any atom is -0.489 e. The van der Waals surface area contributed by atoms with Gasteiger partial charge in [-0.3, -0.25) is 9.59 Å². The third kappa shape index (κ3) is 5.25. The molecule has 6 heteroatoms. The van der Waals surface area contributed by atoms with E-state index in [4.69, 9.17) is 9.15 Å². The van der Waals surface area contributed by atoms with Gasteiger partial charge in [0.25, 0.3) is 11.8 Å². The number of benzene rings is 2. The number of nitrogens with one attached hydrogen (secondary N) is 1. The van der Waals surface area contributed by atoms with E-state index < -0.39 is 0 Å². The molecular formula is C23H24N2O4. The second-order valence-electron chi connectivity index (χ2n) is 6.93. The van der Waals surface area contributed by atoms with Gasteiger partial charge >= 0.3 is 0 Å². The molecule has 3 rings (SSSR count). The summed E-state index contributed by atoms with van der Waals surface area (Å²) < 4.78 is 11.2. The molecule has 0 unspecified atom stereocenters. The molecule has 150 valence electrons. The Balaban J connectivity index is 1.65. The first-order chi connectivity index (χ1) is 13.9. The molecule has 0 atom stereocenters. The van der Waals surface area contributed by atoms with Crippen molar-refractivity contribution in [3.05, 3.63) is 88.9 Å². The monoisotopic (exact) mass is 392 g/mol. The molecular weight excluding hydrogens is 368 g/mol. The van der Waals surface area contributed by atoms with Crippen molar-refractivity contribution in [2.24, 2.45) is 0 Å². The number of carbonyl (C=O) groups is 2. The number of amides is 2. The first-order valence-electron chi connectivity index (χ1n) is 9.28. The van der Waals surface area contributed by atoms with Crippen molar-refractivity contribution in [1.29, 1.82) is 0 Å². The van der Waals surface area contributed by atoms with E-state index in [0.717, 1.165) is 11.1 Å². The van der Waals surface area contributed by atoms with Gasteiger partial charge in [0.05, 0.1) is 12.8 Å². The normalized spacial score (nSPS) is 10.4. The van der Waals surface area contributed by atoms with Gasteiger partial charge in [0.15, 0.2) is 0 Å². The van der Waals surface area contributed by atoms with Crippen LogP contribution in [0.1, 0.15) is 37.6 Å². The number of hydrogen-bond donors (Lipinski definition) is 1. The van der Waals surface area contributed by atoms with Gasteiger partial charge in [-0.1, -0.05) is 18.2 Å². The fourth-order valence-electron chi connectivity index (χ4n) is 2.79. The summed E-state index contributed by atoms with van der Waals surface area (Å²) in [5.41, 5.74) is 2.92. The summed E-state index contributed by atoms with van der Waals surface area (Å²) >= 11 is 0. The molecule has 1 heterocycles. The zero-order valence-electron chi connectivity index (χ0n) is 16.8. The summed E-state index contributed by atoms with van der Waals surface area (Å²) in [7, 11) is 3.43. The first-order valence-corrected chi connectivity index (χ1v) is 9.28. The van der Waals surface area contributed by atoms with Crippen molar-refractivity contribution in [1.82, 2.24) is 10.2 Å². The van der Waals surface area contributed by atoms with Crippen molar-refractivity contribution < 1.29 is 18.7 Å². The standard InChI is InChI=1S/C23H24N2O4/c1-16-9-10-19(23(27)25(2)3)13-21(16)29-15-17-6-4-7-18(12-17)22(26)24-14-20-8-5-11-28-20/h4-13H,14-15H2,1-3H3,(H,24,26). The number of furan rings is 1. The maximum Gasteiger partial charge on any atom is 0.253 e. The highest BCUT2D eigenvalue weighted by Crippen LogP contribution is 2.22. The number of rotatable bonds is 7. The van der Waals surface area contributed by atoms with Crippen LogP contribution in [0.15, 0.2) is 65.3 Å². The number of carbonyl (C=O) groups excluding carboxylic acids is 2. The Hall–Kier alpha value is -3.54. The van der Waals surface area contributed by atoms with Crippen LogP contribution in [0.4, 0.5) is 0 Å². The second kappa shape index (κ2) is 9.10. The molecule has 2 amide bonds. The Kier molecular flexibility index (Phi) is 6.34. The average molecular weight is 392 g/mol. The van der Waals surface area contributed by atoms with E-state index in [1.807, 2.05) is 31.2 Å². The maximum absolute atomic E-state index is 12.4. The smallest absolute Gasteiger partial charge is 0.253 e. The van der Waals surface area contributed by atoms with E-state index >= 15 is 0 Å². The summed E-state index contributed by atoms with van der Waals surface area (Å²) in [6, 6.07) is 16.2. The molecule has 0 saturated heterocycles. The van der Waals surface area contributed by atoms with E-state index in [0.29, 0.717) is 35.8 Å². The van der Waals surface area contributed by atoms with Crippen molar-refractivity contribution in [3.63, 3.8) is 0 Å². The van der Waals surface area contributed by atoms with E-state index in [9.17, 15) is 9.59 Å².